The number of hydrogen-bond acceptors (Lipinski definition) is 2. The average molecular weight is 422 g/mol. The summed E-state index contributed by atoms with van der Waals surface area (Å²) in [6.07, 6.45) is 2.02. The highest BCUT2D eigenvalue weighted by molar-refractivity contribution is 6.09. The molecule has 0 saturated carbocycles. The van der Waals surface area contributed by atoms with E-state index in [9.17, 15) is 9.59 Å². The molecule has 158 valence electrons. The summed E-state index contributed by atoms with van der Waals surface area (Å²) >= 11 is 0. The molecule has 0 radical (unpaired) electrons. The summed E-state index contributed by atoms with van der Waals surface area (Å²) in [7, 11) is 0. The molecule has 2 heterocycles. The van der Waals surface area contributed by atoms with Crippen molar-refractivity contribution in [2.75, 3.05) is 10.2 Å². The molecular weight excluding hydrogens is 398 g/mol. The Morgan fingerprint density at radius 1 is 0.781 bits per heavy atom. The lowest BCUT2D eigenvalue weighted by Gasteiger charge is -2.31. The molecule has 5 nitrogen and oxygen atoms in total. The predicted molar refractivity (Wildman–Crippen MR) is 127 cm³/mol. The SMILES string of the molecule is Cc1cccc(C)c1C(=O)Nc1ccc(C(=O)N2Cc3cccn3-c3ccccc32)cc1. The molecular formula is C27H23N3O2. The van der Waals surface area contributed by atoms with Gasteiger partial charge in [-0.15, -0.1) is 0 Å². The number of carbonyl (C=O) groups is 2. The quantitative estimate of drug-likeness (QED) is 0.474. The summed E-state index contributed by atoms with van der Waals surface area (Å²) in [6.45, 7) is 4.36. The van der Waals surface area contributed by atoms with Gasteiger partial charge in [-0.3, -0.25) is 9.59 Å². The molecule has 5 heteroatoms. The van der Waals surface area contributed by atoms with E-state index in [1.54, 1.807) is 29.2 Å². The molecule has 0 spiro atoms. The molecule has 1 aliphatic rings. The van der Waals surface area contributed by atoms with Crippen molar-refractivity contribution in [3.63, 3.8) is 0 Å². The fraction of sp³-hybridized carbons (Fsp3) is 0.111. The smallest absolute Gasteiger partial charge is 0.258 e. The molecule has 1 aromatic heterocycles. The van der Waals surface area contributed by atoms with Gasteiger partial charge in [0.15, 0.2) is 0 Å². The Kier molecular flexibility index (Phi) is 4.86. The first-order valence-electron chi connectivity index (χ1n) is 10.6. The summed E-state index contributed by atoms with van der Waals surface area (Å²) in [5, 5.41) is 2.94. The minimum absolute atomic E-state index is 0.0717. The van der Waals surface area contributed by atoms with E-state index >= 15 is 0 Å². The van der Waals surface area contributed by atoms with Crippen molar-refractivity contribution < 1.29 is 9.59 Å². The van der Waals surface area contributed by atoms with Gasteiger partial charge in [0.05, 0.1) is 17.9 Å². The van der Waals surface area contributed by atoms with Gasteiger partial charge in [0.2, 0.25) is 0 Å². The molecule has 0 unspecified atom stereocenters. The van der Waals surface area contributed by atoms with Crippen LogP contribution in [0, 0.1) is 13.8 Å². The summed E-state index contributed by atoms with van der Waals surface area (Å²) in [4.78, 5) is 27.9. The minimum atomic E-state index is -0.148. The monoisotopic (exact) mass is 421 g/mol. The number of nitrogens with one attached hydrogen (secondary N) is 1. The number of rotatable bonds is 3. The van der Waals surface area contributed by atoms with Crippen LogP contribution in [0.5, 0.6) is 0 Å². The lowest BCUT2D eigenvalue weighted by Crippen LogP contribution is -2.34. The number of aryl methyl sites for hydroxylation is 2. The van der Waals surface area contributed by atoms with Crippen molar-refractivity contribution in [2.45, 2.75) is 20.4 Å². The van der Waals surface area contributed by atoms with E-state index < -0.39 is 0 Å². The highest BCUT2D eigenvalue weighted by atomic mass is 16.2. The van der Waals surface area contributed by atoms with Crippen molar-refractivity contribution in [2.24, 2.45) is 0 Å². The molecule has 2 amide bonds. The third-order valence-corrected chi connectivity index (χ3v) is 5.93. The molecule has 4 aromatic rings. The van der Waals surface area contributed by atoms with Gasteiger partial charge in [0.1, 0.15) is 0 Å². The van der Waals surface area contributed by atoms with Gasteiger partial charge in [0.25, 0.3) is 11.8 Å². The molecule has 1 aliphatic heterocycles. The lowest BCUT2D eigenvalue weighted by atomic mass is 10.0. The summed E-state index contributed by atoms with van der Waals surface area (Å²) in [6, 6.07) is 24.8. The normalized spacial score (nSPS) is 12.1. The van der Waals surface area contributed by atoms with Gasteiger partial charge in [-0.2, -0.15) is 0 Å². The average Bonchev–Trinajstić information content (AvgIpc) is 3.27. The van der Waals surface area contributed by atoms with Crippen LogP contribution in [-0.4, -0.2) is 16.4 Å². The zero-order valence-corrected chi connectivity index (χ0v) is 18.0. The highest BCUT2D eigenvalue weighted by Crippen LogP contribution is 2.33. The van der Waals surface area contributed by atoms with Crippen molar-refractivity contribution in [3.8, 4) is 5.69 Å². The van der Waals surface area contributed by atoms with Crippen molar-refractivity contribution in [1.29, 1.82) is 0 Å². The lowest BCUT2D eigenvalue weighted by molar-refractivity contribution is 0.0982. The summed E-state index contributed by atoms with van der Waals surface area (Å²) in [5.41, 5.74) is 6.71. The van der Waals surface area contributed by atoms with Gasteiger partial charge < -0.3 is 14.8 Å². The van der Waals surface area contributed by atoms with Gasteiger partial charge in [-0.1, -0.05) is 30.3 Å². The zero-order chi connectivity index (χ0) is 22.2. The van der Waals surface area contributed by atoms with Gasteiger partial charge in [-0.25, -0.2) is 0 Å². The van der Waals surface area contributed by atoms with Crippen molar-refractivity contribution in [3.05, 3.63) is 113 Å². The first-order valence-corrected chi connectivity index (χ1v) is 10.6. The van der Waals surface area contributed by atoms with Crippen LogP contribution >= 0.6 is 0 Å². The van der Waals surface area contributed by atoms with Crippen LogP contribution < -0.4 is 10.2 Å². The third kappa shape index (κ3) is 3.38. The Labute approximate surface area is 186 Å². The van der Waals surface area contributed by atoms with E-state index in [0.29, 0.717) is 23.4 Å². The number of benzene rings is 3. The van der Waals surface area contributed by atoms with E-state index in [4.69, 9.17) is 0 Å². The molecule has 0 fully saturated rings. The largest absolute Gasteiger partial charge is 0.322 e. The molecule has 0 atom stereocenters. The van der Waals surface area contributed by atoms with Crippen molar-refractivity contribution >= 4 is 23.2 Å². The molecule has 32 heavy (non-hydrogen) atoms. The van der Waals surface area contributed by atoms with Crippen LogP contribution in [0.4, 0.5) is 11.4 Å². The molecule has 0 bridgehead atoms. The van der Waals surface area contributed by atoms with Gasteiger partial charge >= 0.3 is 0 Å². The fourth-order valence-corrected chi connectivity index (χ4v) is 4.32. The fourth-order valence-electron chi connectivity index (χ4n) is 4.32. The molecule has 3 aromatic carbocycles. The maximum Gasteiger partial charge on any atom is 0.258 e. The number of fused-ring (bicyclic) bond motifs is 3. The summed E-state index contributed by atoms with van der Waals surface area (Å²) < 4.78 is 2.12. The Hall–Kier alpha value is -4.12. The van der Waals surface area contributed by atoms with Crippen LogP contribution in [0.1, 0.15) is 37.5 Å². The van der Waals surface area contributed by atoms with Crippen LogP contribution in [0.25, 0.3) is 5.69 Å². The Morgan fingerprint density at radius 2 is 1.47 bits per heavy atom. The number of hydrogen-bond donors (Lipinski definition) is 1. The second-order valence-electron chi connectivity index (χ2n) is 8.05. The van der Waals surface area contributed by atoms with Gasteiger partial charge in [0, 0.05) is 28.7 Å². The van der Waals surface area contributed by atoms with E-state index in [2.05, 4.69) is 9.88 Å². The predicted octanol–water partition coefficient (Wildman–Crippen LogP) is 5.51. The minimum Gasteiger partial charge on any atom is -0.322 e. The Morgan fingerprint density at radius 3 is 2.19 bits per heavy atom. The van der Waals surface area contributed by atoms with Crippen LogP contribution in [-0.2, 0) is 6.54 Å². The Bertz CT molecular complexity index is 1320. The maximum absolute atomic E-state index is 13.4. The molecule has 0 saturated heterocycles. The van der Waals surface area contributed by atoms with E-state index in [0.717, 1.165) is 28.2 Å². The number of para-hydroxylation sites is 2. The standard InChI is InChI=1S/C27H23N3O2/c1-18-7-5-8-19(2)25(18)26(31)28-21-14-12-20(13-15-21)27(32)30-17-22-9-6-16-29(22)23-10-3-4-11-24(23)30/h3-16H,17H2,1-2H3,(H,28,31). The van der Waals surface area contributed by atoms with E-state index in [-0.39, 0.29) is 11.8 Å². The van der Waals surface area contributed by atoms with Crippen LogP contribution in [0.15, 0.2) is 85.1 Å². The maximum atomic E-state index is 13.4. The first-order chi connectivity index (χ1) is 15.5. The van der Waals surface area contributed by atoms with Crippen molar-refractivity contribution in [1.82, 2.24) is 4.57 Å². The van der Waals surface area contributed by atoms with Crippen LogP contribution in [0.2, 0.25) is 0 Å². The number of carbonyl (C=O) groups excluding carboxylic acids is 2. The molecule has 0 aliphatic carbocycles. The summed E-state index contributed by atoms with van der Waals surface area (Å²) in [5.74, 6) is -0.220. The first kappa shape index (κ1) is 19.8. The molecule has 5 rings (SSSR count). The van der Waals surface area contributed by atoms with Gasteiger partial charge in [-0.05, 0) is 73.5 Å². The number of anilines is 2. The van der Waals surface area contributed by atoms with E-state index in [1.807, 2.05) is 74.6 Å². The number of nitrogens with zero attached hydrogens (tertiary/aromatic N) is 2. The second-order valence-corrected chi connectivity index (χ2v) is 8.05. The highest BCUT2D eigenvalue weighted by Gasteiger charge is 2.26. The van der Waals surface area contributed by atoms with E-state index in [1.165, 1.54) is 0 Å². The van der Waals surface area contributed by atoms with Crippen LogP contribution in [0.3, 0.4) is 0 Å². The molecule has 1 N–H and O–H groups in total. The third-order valence-electron chi connectivity index (χ3n) is 5.93. The Balaban J connectivity index is 1.38. The number of aromatic nitrogens is 1. The topological polar surface area (TPSA) is 54.3 Å². The zero-order valence-electron chi connectivity index (χ0n) is 18.0. The second kappa shape index (κ2) is 7.85. The number of amides is 2.